The topological polar surface area (TPSA) is 76.4 Å². The van der Waals surface area contributed by atoms with Crippen LogP contribution in [-0.2, 0) is 6.42 Å². The van der Waals surface area contributed by atoms with E-state index >= 15 is 0 Å². The van der Waals surface area contributed by atoms with Crippen LogP contribution in [0.1, 0.15) is 22.4 Å². The molecule has 1 heterocycles. The lowest BCUT2D eigenvalue weighted by Gasteiger charge is -2.07. The van der Waals surface area contributed by atoms with Gasteiger partial charge in [0, 0.05) is 24.2 Å². The highest BCUT2D eigenvalue weighted by Gasteiger charge is 2.06. The van der Waals surface area contributed by atoms with Crippen LogP contribution < -0.4 is 11.1 Å². The van der Waals surface area contributed by atoms with Crippen LogP contribution in [0.5, 0.6) is 0 Å². The van der Waals surface area contributed by atoms with Crippen molar-refractivity contribution in [2.75, 3.05) is 11.9 Å². The highest BCUT2D eigenvalue weighted by Crippen LogP contribution is 2.19. The third-order valence-electron chi connectivity index (χ3n) is 3.99. The standard InChI is InChI=1S/C21H24N4O/c1-14-4-6-17(7-5-14)20-24-18(13-26-20)8-9-23-21(22)25-19-11-15(2)10-16(3)12-19/h4-7,10-13H,8-9H2,1-3H3,(H3,22,23,25). The van der Waals surface area contributed by atoms with Gasteiger partial charge in [0.05, 0.1) is 5.69 Å². The molecule has 0 fully saturated rings. The molecule has 0 amide bonds. The van der Waals surface area contributed by atoms with Crippen LogP contribution in [0, 0.1) is 20.8 Å². The van der Waals surface area contributed by atoms with Gasteiger partial charge in [-0.1, -0.05) is 23.8 Å². The zero-order valence-corrected chi connectivity index (χ0v) is 15.4. The first-order valence-corrected chi connectivity index (χ1v) is 8.66. The smallest absolute Gasteiger partial charge is 0.226 e. The molecule has 2 aromatic carbocycles. The first-order valence-electron chi connectivity index (χ1n) is 8.66. The van der Waals surface area contributed by atoms with Crippen molar-refractivity contribution in [1.29, 1.82) is 0 Å². The molecule has 3 N–H and O–H groups in total. The summed E-state index contributed by atoms with van der Waals surface area (Å²) in [7, 11) is 0. The number of oxazole rings is 1. The molecule has 0 aliphatic heterocycles. The highest BCUT2D eigenvalue weighted by atomic mass is 16.3. The minimum atomic E-state index is 0.400. The summed E-state index contributed by atoms with van der Waals surface area (Å²) in [5, 5.41) is 3.13. The number of nitrogens with zero attached hydrogens (tertiary/aromatic N) is 2. The molecule has 5 nitrogen and oxygen atoms in total. The van der Waals surface area contributed by atoms with Gasteiger partial charge in [-0.25, -0.2) is 4.98 Å². The molecule has 26 heavy (non-hydrogen) atoms. The van der Waals surface area contributed by atoms with Gasteiger partial charge in [-0.05, 0) is 56.2 Å². The first-order chi connectivity index (χ1) is 12.5. The number of guanidine groups is 1. The third-order valence-corrected chi connectivity index (χ3v) is 3.99. The quantitative estimate of drug-likeness (QED) is 0.534. The maximum Gasteiger partial charge on any atom is 0.226 e. The molecule has 5 heteroatoms. The lowest BCUT2D eigenvalue weighted by Crippen LogP contribution is -2.23. The Morgan fingerprint density at radius 2 is 1.73 bits per heavy atom. The predicted octanol–water partition coefficient (Wildman–Crippen LogP) is 4.24. The van der Waals surface area contributed by atoms with Gasteiger partial charge in [0.1, 0.15) is 6.26 Å². The molecule has 0 aliphatic carbocycles. The molecule has 3 rings (SSSR count). The summed E-state index contributed by atoms with van der Waals surface area (Å²) < 4.78 is 5.56. The van der Waals surface area contributed by atoms with Gasteiger partial charge >= 0.3 is 0 Å². The molecular weight excluding hydrogens is 324 g/mol. The Kier molecular flexibility index (Phi) is 5.37. The summed E-state index contributed by atoms with van der Waals surface area (Å²) in [6, 6.07) is 14.3. The second-order valence-corrected chi connectivity index (χ2v) is 6.53. The van der Waals surface area contributed by atoms with Crippen molar-refractivity contribution in [2.24, 2.45) is 10.7 Å². The molecule has 3 aromatic rings. The third kappa shape index (κ3) is 4.72. The Morgan fingerprint density at radius 1 is 1.04 bits per heavy atom. The number of nitrogens with one attached hydrogen (secondary N) is 1. The molecule has 134 valence electrons. The molecule has 0 unspecified atom stereocenters. The van der Waals surface area contributed by atoms with Crippen LogP contribution in [0.15, 0.2) is 58.1 Å². The largest absolute Gasteiger partial charge is 0.444 e. The Hall–Kier alpha value is -3.08. The Labute approximate surface area is 154 Å². The average molecular weight is 348 g/mol. The SMILES string of the molecule is Cc1ccc(-c2nc(CCN=C(N)Nc3cc(C)cc(C)c3)co2)cc1. The number of hydrogen-bond donors (Lipinski definition) is 2. The second-order valence-electron chi connectivity index (χ2n) is 6.53. The van der Waals surface area contributed by atoms with Crippen molar-refractivity contribution in [3.63, 3.8) is 0 Å². The second kappa shape index (κ2) is 7.87. The van der Waals surface area contributed by atoms with Gasteiger partial charge in [-0.3, -0.25) is 4.99 Å². The van der Waals surface area contributed by atoms with E-state index in [0.717, 1.165) is 16.9 Å². The van der Waals surface area contributed by atoms with Crippen LogP contribution in [0.2, 0.25) is 0 Å². The normalized spacial score (nSPS) is 11.6. The number of aromatic nitrogens is 1. The van der Waals surface area contributed by atoms with Gasteiger partial charge in [0.15, 0.2) is 5.96 Å². The molecule has 0 atom stereocenters. The number of aryl methyl sites for hydroxylation is 3. The van der Waals surface area contributed by atoms with E-state index in [2.05, 4.69) is 42.1 Å². The van der Waals surface area contributed by atoms with Gasteiger partial charge in [-0.2, -0.15) is 0 Å². The fourth-order valence-corrected chi connectivity index (χ4v) is 2.78. The van der Waals surface area contributed by atoms with E-state index in [4.69, 9.17) is 10.2 Å². The molecule has 0 saturated heterocycles. The Bertz CT molecular complexity index is 890. The van der Waals surface area contributed by atoms with Crippen molar-refractivity contribution in [3.05, 3.63) is 71.1 Å². The van der Waals surface area contributed by atoms with Crippen LogP contribution in [0.25, 0.3) is 11.5 Å². The van der Waals surface area contributed by atoms with Crippen LogP contribution in [0.4, 0.5) is 5.69 Å². The van der Waals surface area contributed by atoms with E-state index in [1.807, 2.05) is 36.4 Å². The van der Waals surface area contributed by atoms with Crippen molar-refractivity contribution in [1.82, 2.24) is 4.98 Å². The van der Waals surface area contributed by atoms with E-state index in [0.29, 0.717) is 24.8 Å². The fraction of sp³-hybridized carbons (Fsp3) is 0.238. The van der Waals surface area contributed by atoms with E-state index < -0.39 is 0 Å². The van der Waals surface area contributed by atoms with E-state index in [9.17, 15) is 0 Å². The van der Waals surface area contributed by atoms with Gasteiger partial charge < -0.3 is 15.5 Å². The monoisotopic (exact) mass is 348 g/mol. The highest BCUT2D eigenvalue weighted by molar-refractivity contribution is 5.92. The van der Waals surface area contributed by atoms with Crippen LogP contribution in [-0.4, -0.2) is 17.5 Å². The predicted molar refractivity (Wildman–Crippen MR) is 106 cm³/mol. The minimum Gasteiger partial charge on any atom is -0.444 e. The lowest BCUT2D eigenvalue weighted by atomic mass is 10.1. The average Bonchev–Trinajstić information content (AvgIpc) is 3.03. The fourth-order valence-electron chi connectivity index (χ4n) is 2.78. The van der Waals surface area contributed by atoms with Crippen molar-refractivity contribution >= 4 is 11.6 Å². The van der Waals surface area contributed by atoms with Crippen molar-refractivity contribution in [3.8, 4) is 11.5 Å². The van der Waals surface area contributed by atoms with Gasteiger partial charge in [0.2, 0.25) is 5.89 Å². The maximum atomic E-state index is 5.98. The minimum absolute atomic E-state index is 0.400. The lowest BCUT2D eigenvalue weighted by molar-refractivity contribution is 0.572. The summed E-state index contributed by atoms with van der Waals surface area (Å²) in [6.07, 6.45) is 2.35. The summed E-state index contributed by atoms with van der Waals surface area (Å²) >= 11 is 0. The summed E-state index contributed by atoms with van der Waals surface area (Å²) in [6.45, 7) is 6.71. The number of hydrogen-bond acceptors (Lipinski definition) is 3. The van der Waals surface area contributed by atoms with Crippen LogP contribution in [0.3, 0.4) is 0 Å². The van der Waals surface area contributed by atoms with Crippen molar-refractivity contribution < 1.29 is 4.42 Å². The van der Waals surface area contributed by atoms with Gasteiger partial charge in [-0.15, -0.1) is 0 Å². The number of aliphatic imine (C=N–C) groups is 1. The molecule has 0 spiro atoms. The van der Waals surface area contributed by atoms with E-state index in [1.54, 1.807) is 6.26 Å². The van der Waals surface area contributed by atoms with E-state index in [-0.39, 0.29) is 0 Å². The zero-order valence-electron chi connectivity index (χ0n) is 15.4. The van der Waals surface area contributed by atoms with Crippen LogP contribution >= 0.6 is 0 Å². The summed E-state index contributed by atoms with van der Waals surface area (Å²) in [5.41, 5.74) is 12.3. The zero-order chi connectivity index (χ0) is 18.5. The number of benzene rings is 2. The van der Waals surface area contributed by atoms with E-state index in [1.165, 1.54) is 16.7 Å². The summed E-state index contributed by atoms with van der Waals surface area (Å²) in [5.74, 6) is 1.03. The molecule has 0 aliphatic rings. The van der Waals surface area contributed by atoms with Gasteiger partial charge in [0.25, 0.3) is 0 Å². The molecule has 0 saturated carbocycles. The first kappa shape index (κ1) is 17.7. The summed E-state index contributed by atoms with van der Waals surface area (Å²) in [4.78, 5) is 8.89. The molecular formula is C21H24N4O. The molecule has 1 aromatic heterocycles. The molecule has 0 radical (unpaired) electrons. The maximum absolute atomic E-state index is 5.98. The number of anilines is 1. The number of nitrogens with two attached hydrogens (primary N) is 1. The Balaban J connectivity index is 1.57. The number of rotatable bonds is 5. The Morgan fingerprint density at radius 3 is 2.42 bits per heavy atom. The molecule has 0 bridgehead atoms. The van der Waals surface area contributed by atoms with Crippen molar-refractivity contribution in [2.45, 2.75) is 27.2 Å².